The number of hydrogen-bond donors (Lipinski definition) is 1. The van der Waals surface area contributed by atoms with Crippen LogP contribution in [0.25, 0.3) is 0 Å². The Labute approximate surface area is 76.7 Å². The Bertz CT molecular complexity index is 223. The van der Waals surface area contributed by atoms with Crippen LogP contribution >= 0.6 is 11.8 Å². The fourth-order valence-electron chi connectivity index (χ4n) is 0.867. The van der Waals surface area contributed by atoms with Crippen LogP contribution in [-0.2, 0) is 13.6 Å². The maximum atomic E-state index is 3.96. The molecule has 5 heteroatoms. The van der Waals surface area contributed by atoms with Gasteiger partial charge in [0.15, 0.2) is 0 Å². The van der Waals surface area contributed by atoms with E-state index in [4.69, 9.17) is 0 Å². The van der Waals surface area contributed by atoms with Gasteiger partial charge in [0.1, 0.15) is 0 Å². The Morgan fingerprint density at radius 2 is 2.50 bits per heavy atom. The first kappa shape index (κ1) is 9.54. The van der Waals surface area contributed by atoms with Crippen LogP contribution in [0.15, 0.2) is 6.20 Å². The molecule has 0 unspecified atom stereocenters. The summed E-state index contributed by atoms with van der Waals surface area (Å²) >= 11 is 1.84. The lowest BCUT2D eigenvalue weighted by Crippen LogP contribution is -2.16. The monoisotopic (exact) mass is 186 g/mol. The lowest BCUT2D eigenvalue weighted by Gasteiger charge is -1.98. The molecule has 0 aliphatic carbocycles. The lowest BCUT2D eigenvalue weighted by molar-refractivity contribution is 0.698. The molecule has 1 rings (SSSR count). The Morgan fingerprint density at radius 3 is 3.08 bits per heavy atom. The maximum absolute atomic E-state index is 3.96. The zero-order valence-electron chi connectivity index (χ0n) is 7.45. The average molecular weight is 186 g/mol. The van der Waals surface area contributed by atoms with Crippen LogP contribution in [0.1, 0.15) is 5.69 Å². The highest BCUT2D eigenvalue weighted by molar-refractivity contribution is 7.98. The molecule has 1 aromatic heterocycles. The highest BCUT2D eigenvalue weighted by Crippen LogP contribution is 1.91. The highest BCUT2D eigenvalue weighted by atomic mass is 32.2. The molecule has 12 heavy (non-hydrogen) atoms. The van der Waals surface area contributed by atoms with Crippen molar-refractivity contribution >= 4 is 11.8 Å². The molecule has 1 heterocycles. The molecule has 0 saturated heterocycles. The van der Waals surface area contributed by atoms with E-state index in [9.17, 15) is 0 Å². The molecule has 0 amide bonds. The van der Waals surface area contributed by atoms with E-state index in [0.29, 0.717) is 0 Å². The van der Waals surface area contributed by atoms with Gasteiger partial charge in [-0.1, -0.05) is 5.21 Å². The van der Waals surface area contributed by atoms with Crippen LogP contribution in [0, 0.1) is 0 Å². The summed E-state index contributed by atoms with van der Waals surface area (Å²) in [4.78, 5) is 0. The van der Waals surface area contributed by atoms with Gasteiger partial charge in [-0.25, -0.2) is 0 Å². The molecule has 1 aromatic rings. The Balaban J connectivity index is 2.15. The first-order valence-corrected chi connectivity index (χ1v) is 5.27. The molecular weight excluding hydrogens is 172 g/mol. The summed E-state index contributed by atoms with van der Waals surface area (Å²) in [5.74, 6) is 1.14. The van der Waals surface area contributed by atoms with Gasteiger partial charge < -0.3 is 5.32 Å². The summed E-state index contributed by atoms with van der Waals surface area (Å²) in [5, 5.41) is 11.1. The van der Waals surface area contributed by atoms with E-state index in [2.05, 4.69) is 21.9 Å². The van der Waals surface area contributed by atoms with E-state index in [-0.39, 0.29) is 0 Å². The SMILES string of the molecule is CSCCNCc1cn(C)nn1. The highest BCUT2D eigenvalue weighted by Gasteiger charge is 1.95. The van der Waals surface area contributed by atoms with E-state index in [1.54, 1.807) is 4.68 Å². The topological polar surface area (TPSA) is 42.7 Å². The van der Waals surface area contributed by atoms with E-state index >= 15 is 0 Å². The molecule has 4 nitrogen and oxygen atoms in total. The predicted octanol–water partition coefficient (Wildman–Crippen LogP) is 0.268. The third kappa shape index (κ3) is 3.23. The summed E-state index contributed by atoms with van der Waals surface area (Å²) in [6, 6.07) is 0. The average Bonchev–Trinajstić information content (AvgIpc) is 2.45. The Morgan fingerprint density at radius 1 is 1.67 bits per heavy atom. The van der Waals surface area contributed by atoms with Crippen molar-refractivity contribution in [2.24, 2.45) is 7.05 Å². The van der Waals surface area contributed by atoms with Crippen LogP contribution in [0.3, 0.4) is 0 Å². The van der Waals surface area contributed by atoms with Gasteiger partial charge >= 0.3 is 0 Å². The summed E-state index contributed by atoms with van der Waals surface area (Å²) in [6.45, 7) is 1.84. The van der Waals surface area contributed by atoms with Crippen molar-refractivity contribution in [3.63, 3.8) is 0 Å². The van der Waals surface area contributed by atoms with Crippen molar-refractivity contribution in [2.45, 2.75) is 6.54 Å². The standard InChI is InChI=1S/C7H14N4S/c1-11-6-7(9-10-11)5-8-3-4-12-2/h6,8H,3-5H2,1-2H3. The fraction of sp³-hybridized carbons (Fsp3) is 0.714. The van der Waals surface area contributed by atoms with Gasteiger partial charge in [-0.15, -0.1) is 5.10 Å². The number of aryl methyl sites for hydroxylation is 1. The molecule has 0 bridgehead atoms. The van der Waals surface area contributed by atoms with Crippen LogP contribution in [0.5, 0.6) is 0 Å². The molecule has 0 aliphatic rings. The van der Waals surface area contributed by atoms with Crippen LogP contribution < -0.4 is 5.32 Å². The van der Waals surface area contributed by atoms with E-state index < -0.39 is 0 Å². The quantitative estimate of drug-likeness (QED) is 0.670. The number of hydrogen-bond acceptors (Lipinski definition) is 4. The molecule has 0 atom stereocenters. The van der Waals surface area contributed by atoms with E-state index in [1.165, 1.54) is 0 Å². The fourth-order valence-corrected chi connectivity index (χ4v) is 1.22. The Hall–Kier alpha value is -0.550. The summed E-state index contributed by atoms with van der Waals surface area (Å²) in [6.07, 6.45) is 4.02. The van der Waals surface area contributed by atoms with Crippen LogP contribution in [-0.4, -0.2) is 33.5 Å². The second-order valence-electron chi connectivity index (χ2n) is 2.55. The normalized spacial score (nSPS) is 10.5. The number of aromatic nitrogens is 3. The second kappa shape index (κ2) is 5.16. The van der Waals surface area contributed by atoms with Crippen molar-refractivity contribution in [3.05, 3.63) is 11.9 Å². The summed E-state index contributed by atoms with van der Waals surface area (Å²) in [7, 11) is 1.87. The largest absolute Gasteiger partial charge is 0.310 e. The molecule has 0 aromatic carbocycles. The van der Waals surface area contributed by atoms with E-state index in [0.717, 1.165) is 24.5 Å². The van der Waals surface area contributed by atoms with Crippen molar-refractivity contribution in [2.75, 3.05) is 18.6 Å². The van der Waals surface area contributed by atoms with Crippen molar-refractivity contribution in [1.29, 1.82) is 0 Å². The molecule has 0 spiro atoms. The zero-order valence-corrected chi connectivity index (χ0v) is 8.27. The minimum atomic E-state index is 0.814. The van der Waals surface area contributed by atoms with E-state index in [1.807, 2.05) is 25.0 Å². The van der Waals surface area contributed by atoms with Crippen LogP contribution in [0.2, 0.25) is 0 Å². The van der Waals surface area contributed by atoms with Gasteiger partial charge in [-0.3, -0.25) is 4.68 Å². The molecule has 0 fully saturated rings. The zero-order chi connectivity index (χ0) is 8.81. The first-order valence-electron chi connectivity index (χ1n) is 3.88. The maximum Gasteiger partial charge on any atom is 0.0964 e. The summed E-state index contributed by atoms with van der Waals surface area (Å²) < 4.78 is 1.71. The van der Waals surface area contributed by atoms with Gasteiger partial charge in [0.2, 0.25) is 0 Å². The molecule has 1 N–H and O–H groups in total. The third-order valence-electron chi connectivity index (χ3n) is 1.44. The summed E-state index contributed by atoms with van der Waals surface area (Å²) in [5.41, 5.74) is 0.999. The predicted molar refractivity (Wildman–Crippen MR) is 51.1 cm³/mol. The Kier molecular flexibility index (Phi) is 4.10. The number of rotatable bonds is 5. The lowest BCUT2D eigenvalue weighted by atomic mass is 10.5. The molecular formula is C7H14N4S. The second-order valence-corrected chi connectivity index (χ2v) is 3.54. The molecule has 0 radical (unpaired) electrons. The van der Waals surface area contributed by atoms with Crippen LogP contribution in [0.4, 0.5) is 0 Å². The molecule has 0 saturated carbocycles. The minimum absolute atomic E-state index is 0.814. The van der Waals surface area contributed by atoms with Gasteiger partial charge in [0.25, 0.3) is 0 Å². The number of thioether (sulfide) groups is 1. The van der Waals surface area contributed by atoms with Crippen molar-refractivity contribution < 1.29 is 0 Å². The van der Waals surface area contributed by atoms with Gasteiger partial charge in [0, 0.05) is 32.1 Å². The van der Waals surface area contributed by atoms with Gasteiger partial charge in [-0.05, 0) is 6.26 Å². The van der Waals surface area contributed by atoms with Gasteiger partial charge in [0.05, 0.1) is 5.69 Å². The minimum Gasteiger partial charge on any atom is -0.310 e. The smallest absolute Gasteiger partial charge is 0.0964 e. The third-order valence-corrected chi connectivity index (χ3v) is 2.05. The number of nitrogens with one attached hydrogen (secondary N) is 1. The molecule has 0 aliphatic heterocycles. The molecule has 68 valence electrons. The van der Waals surface area contributed by atoms with Gasteiger partial charge in [-0.2, -0.15) is 11.8 Å². The number of nitrogens with zero attached hydrogens (tertiary/aromatic N) is 3. The van der Waals surface area contributed by atoms with Crippen molar-refractivity contribution in [1.82, 2.24) is 20.3 Å². The van der Waals surface area contributed by atoms with Crippen molar-refractivity contribution in [3.8, 4) is 0 Å². The first-order chi connectivity index (χ1) is 5.83.